The van der Waals surface area contributed by atoms with E-state index < -0.39 is 0 Å². The van der Waals surface area contributed by atoms with Crippen LogP contribution in [0.15, 0.2) is 53.0 Å². The Hall–Kier alpha value is -1.88. The Morgan fingerprint density at radius 1 is 1.09 bits per heavy atom. The van der Waals surface area contributed by atoms with Gasteiger partial charge in [0, 0.05) is 23.5 Å². The third kappa shape index (κ3) is 3.72. The number of rotatable bonds is 3. The lowest BCUT2D eigenvalue weighted by Crippen LogP contribution is -2.38. The molecule has 1 aliphatic heterocycles. The number of carbonyl (C=O) groups excluding carboxylic acids is 1. The zero-order chi connectivity index (χ0) is 16.2. The second kappa shape index (κ2) is 7.13. The van der Waals surface area contributed by atoms with Gasteiger partial charge in [0.2, 0.25) is 5.91 Å². The summed E-state index contributed by atoms with van der Waals surface area (Å²) in [6, 6.07) is 14.4. The van der Waals surface area contributed by atoms with Crippen LogP contribution in [0.2, 0.25) is 0 Å². The number of amides is 1. The molecule has 1 aliphatic rings. The first-order valence-electron chi connectivity index (χ1n) is 7.70. The molecule has 0 atom stereocenters. The van der Waals surface area contributed by atoms with Crippen molar-refractivity contribution in [1.82, 2.24) is 0 Å². The van der Waals surface area contributed by atoms with E-state index >= 15 is 0 Å². The smallest absolute Gasteiger partial charge is 0.227 e. The highest BCUT2D eigenvalue weighted by Gasteiger charge is 2.26. The number of anilines is 2. The zero-order valence-corrected chi connectivity index (χ0v) is 14.2. The van der Waals surface area contributed by atoms with Gasteiger partial charge in [-0.1, -0.05) is 24.3 Å². The molecule has 120 valence electrons. The van der Waals surface area contributed by atoms with Crippen molar-refractivity contribution in [2.24, 2.45) is 5.92 Å². The van der Waals surface area contributed by atoms with Crippen molar-refractivity contribution in [1.29, 1.82) is 0 Å². The maximum Gasteiger partial charge on any atom is 0.227 e. The Labute approximate surface area is 143 Å². The maximum absolute atomic E-state index is 13.8. The number of benzene rings is 2. The fraction of sp³-hybridized carbons (Fsp3) is 0.278. The van der Waals surface area contributed by atoms with E-state index in [-0.39, 0.29) is 17.6 Å². The first kappa shape index (κ1) is 16.0. The molecule has 1 heterocycles. The van der Waals surface area contributed by atoms with Gasteiger partial charge in [0.05, 0.1) is 11.4 Å². The number of para-hydroxylation sites is 2. The third-order valence-corrected chi connectivity index (χ3v) is 4.88. The van der Waals surface area contributed by atoms with Gasteiger partial charge in [-0.2, -0.15) is 0 Å². The summed E-state index contributed by atoms with van der Waals surface area (Å²) in [6.07, 6.45) is 1.45. The zero-order valence-electron chi connectivity index (χ0n) is 12.6. The van der Waals surface area contributed by atoms with Crippen LogP contribution in [0.25, 0.3) is 0 Å². The molecule has 3 nitrogen and oxygen atoms in total. The van der Waals surface area contributed by atoms with Crippen molar-refractivity contribution in [3.8, 4) is 0 Å². The molecule has 1 amide bonds. The van der Waals surface area contributed by atoms with E-state index in [0.29, 0.717) is 18.8 Å². The summed E-state index contributed by atoms with van der Waals surface area (Å²) < 4.78 is 14.7. The second-order valence-corrected chi connectivity index (χ2v) is 6.54. The molecule has 23 heavy (non-hydrogen) atoms. The number of carbonyl (C=O) groups is 1. The average Bonchev–Trinajstić information content (AvgIpc) is 2.57. The molecule has 0 radical (unpaired) electrons. The number of nitrogens with zero attached hydrogens (tertiary/aromatic N) is 1. The van der Waals surface area contributed by atoms with Gasteiger partial charge >= 0.3 is 0 Å². The van der Waals surface area contributed by atoms with Crippen LogP contribution in [-0.4, -0.2) is 19.0 Å². The van der Waals surface area contributed by atoms with Gasteiger partial charge < -0.3 is 10.2 Å². The number of hydrogen-bond acceptors (Lipinski definition) is 2. The van der Waals surface area contributed by atoms with Gasteiger partial charge in [0.1, 0.15) is 5.82 Å². The van der Waals surface area contributed by atoms with E-state index in [0.717, 1.165) is 23.0 Å². The van der Waals surface area contributed by atoms with Gasteiger partial charge in [0.15, 0.2) is 0 Å². The highest BCUT2D eigenvalue weighted by atomic mass is 79.9. The summed E-state index contributed by atoms with van der Waals surface area (Å²) in [5.41, 5.74) is 1.41. The molecule has 0 spiro atoms. The number of nitrogens with one attached hydrogen (secondary N) is 1. The maximum atomic E-state index is 13.8. The first-order chi connectivity index (χ1) is 11.1. The van der Waals surface area contributed by atoms with Gasteiger partial charge in [-0.3, -0.25) is 4.79 Å². The molecule has 2 aromatic rings. The largest absolute Gasteiger partial charge is 0.369 e. The van der Waals surface area contributed by atoms with Gasteiger partial charge in [-0.05, 0) is 53.0 Å². The number of piperidine rings is 1. The van der Waals surface area contributed by atoms with Crippen LogP contribution in [0.3, 0.4) is 0 Å². The molecule has 0 aliphatic carbocycles. The predicted octanol–water partition coefficient (Wildman–Crippen LogP) is 4.44. The Bertz CT molecular complexity index is 699. The molecule has 3 rings (SSSR count). The normalized spacial score (nSPS) is 15.5. The monoisotopic (exact) mass is 376 g/mol. The SMILES string of the molecule is O=C(Nc1ccccc1Br)C1CCN(c2ccccc2F)CC1. The highest BCUT2D eigenvalue weighted by Crippen LogP contribution is 2.27. The molecule has 0 unspecified atom stereocenters. The third-order valence-electron chi connectivity index (χ3n) is 4.19. The topological polar surface area (TPSA) is 32.3 Å². The fourth-order valence-corrected chi connectivity index (χ4v) is 3.27. The number of hydrogen-bond donors (Lipinski definition) is 1. The molecule has 2 aromatic carbocycles. The van der Waals surface area contributed by atoms with E-state index in [9.17, 15) is 9.18 Å². The minimum absolute atomic E-state index is 0.0325. The minimum atomic E-state index is -0.205. The fourth-order valence-electron chi connectivity index (χ4n) is 2.89. The van der Waals surface area contributed by atoms with E-state index in [1.165, 1.54) is 6.07 Å². The van der Waals surface area contributed by atoms with Crippen LogP contribution in [0.4, 0.5) is 15.8 Å². The molecule has 0 aromatic heterocycles. The Morgan fingerprint density at radius 2 is 1.74 bits per heavy atom. The summed E-state index contributed by atoms with van der Waals surface area (Å²) in [5.74, 6) is -0.209. The first-order valence-corrected chi connectivity index (χ1v) is 8.49. The molecular formula is C18H18BrFN2O. The van der Waals surface area contributed by atoms with Crippen LogP contribution in [0.1, 0.15) is 12.8 Å². The van der Waals surface area contributed by atoms with Crippen LogP contribution in [0, 0.1) is 11.7 Å². The summed E-state index contributed by atoms with van der Waals surface area (Å²) in [6.45, 7) is 1.38. The van der Waals surface area contributed by atoms with Crippen molar-refractivity contribution in [2.45, 2.75) is 12.8 Å². The summed E-state index contributed by atoms with van der Waals surface area (Å²) >= 11 is 3.43. The molecule has 1 saturated heterocycles. The van der Waals surface area contributed by atoms with E-state index in [1.54, 1.807) is 12.1 Å². The predicted molar refractivity (Wildman–Crippen MR) is 94.1 cm³/mol. The summed E-state index contributed by atoms with van der Waals surface area (Å²) in [5, 5.41) is 2.97. The molecular weight excluding hydrogens is 359 g/mol. The molecule has 1 N–H and O–H groups in total. The van der Waals surface area contributed by atoms with Gasteiger partial charge in [-0.25, -0.2) is 4.39 Å². The lowest BCUT2D eigenvalue weighted by molar-refractivity contribution is -0.120. The van der Waals surface area contributed by atoms with Crippen molar-refractivity contribution in [3.63, 3.8) is 0 Å². The van der Waals surface area contributed by atoms with E-state index in [2.05, 4.69) is 21.2 Å². The molecule has 0 bridgehead atoms. The lowest BCUT2D eigenvalue weighted by Gasteiger charge is -2.33. The standard InChI is InChI=1S/C18H18BrFN2O/c19-14-5-1-3-7-16(14)21-18(23)13-9-11-22(12-10-13)17-8-4-2-6-15(17)20/h1-8,13H,9-12H2,(H,21,23). The van der Waals surface area contributed by atoms with Crippen molar-refractivity contribution in [3.05, 3.63) is 58.8 Å². The Kier molecular flexibility index (Phi) is 4.96. The molecule has 5 heteroatoms. The van der Waals surface area contributed by atoms with E-state index in [4.69, 9.17) is 0 Å². The van der Waals surface area contributed by atoms with Crippen molar-refractivity contribution < 1.29 is 9.18 Å². The van der Waals surface area contributed by atoms with Crippen LogP contribution in [0.5, 0.6) is 0 Å². The highest BCUT2D eigenvalue weighted by molar-refractivity contribution is 9.10. The van der Waals surface area contributed by atoms with Crippen LogP contribution in [-0.2, 0) is 4.79 Å². The molecule has 0 saturated carbocycles. The second-order valence-electron chi connectivity index (χ2n) is 5.68. The van der Waals surface area contributed by atoms with Crippen LogP contribution >= 0.6 is 15.9 Å². The lowest BCUT2D eigenvalue weighted by atomic mass is 9.95. The molecule has 1 fully saturated rings. The summed E-state index contributed by atoms with van der Waals surface area (Å²) in [4.78, 5) is 14.4. The van der Waals surface area contributed by atoms with Crippen LogP contribution < -0.4 is 10.2 Å². The van der Waals surface area contributed by atoms with E-state index in [1.807, 2.05) is 35.2 Å². The average molecular weight is 377 g/mol. The summed E-state index contributed by atoms with van der Waals surface area (Å²) in [7, 11) is 0. The van der Waals surface area contributed by atoms with Crippen molar-refractivity contribution >= 4 is 33.2 Å². The Balaban J connectivity index is 1.60. The van der Waals surface area contributed by atoms with Gasteiger partial charge in [0.25, 0.3) is 0 Å². The van der Waals surface area contributed by atoms with Crippen molar-refractivity contribution in [2.75, 3.05) is 23.3 Å². The quantitative estimate of drug-likeness (QED) is 0.858. The Morgan fingerprint density at radius 3 is 2.43 bits per heavy atom. The van der Waals surface area contributed by atoms with Gasteiger partial charge in [-0.15, -0.1) is 0 Å². The number of halogens is 2. The minimum Gasteiger partial charge on any atom is -0.369 e.